The second-order valence-corrected chi connectivity index (χ2v) is 7.36. The molecule has 0 saturated carbocycles. The van der Waals surface area contributed by atoms with Crippen molar-refractivity contribution < 1.29 is 23.8 Å². The van der Waals surface area contributed by atoms with Crippen LogP contribution in [0.25, 0.3) is 0 Å². The average Bonchev–Trinajstić information content (AvgIpc) is 2.72. The molecule has 2 rings (SSSR count). The molecule has 0 saturated heterocycles. The van der Waals surface area contributed by atoms with Gasteiger partial charge in [0.2, 0.25) is 0 Å². The van der Waals surface area contributed by atoms with Gasteiger partial charge >= 0.3 is 0 Å². The minimum Gasteiger partial charge on any atom is -0.490 e. The molecule has 0 atom stereocenters. The molecule has 0 aromatic heterocycles. The van der Waals surface area contributed by atoms with Crippen molar-refractivity contribution in [3.05, 3.63) is 57.5 Å². The van der Waals surface area contributed by atoms with E-state index >= 15 is 0 Å². The Bertz CT molecular complexity index is 915. The number of hydrazine groups is 1. The summed E-state index contributed by atoms with van der Waals surface area (Å²) < 4.78 is 16.4. The minimum atomic E-state index is -0.503. The van der Waals surface area contributed by atoms with Crippen LogP contribution in [0, 0.1) is 0 Å². The summed E-state index contributed by atoms with van der Waals surface area (Å²) in [6, 6.07) is 11.6. The van der Waals surface area contributed by atoms with Crippen LogP contribution < -0.4 is 25.6 Å². The molecule has 3 N–H and O–H groups in total. The summed E-state index contributed by atoms with van der Waals surface area (Å²) in [7, 11) is 1.56. The van der Waals surface area contributed by atoms with Crippen LogP contribution in [0.4, 0.5) is 0 Å². The normalized spacial score (nSPS) is 10.1. The van der Waals surface area contributed by atoms with Crippen molar-refractivity contribution in [2.75, 3.05) is 26.9 Å². The van der Waals surface area contributed by atoms with Gasteiger partial charge in [-0.25, -0.2) is 0 Å². The van der Waals surface area contributed by atoms with Crippen LogP contribution in [-0.2, 0) is 9.53 Å². The molecule has 0 spiro atoms. The van der Waals surface area contributed by atoms with Gasteiger partial charge in [0.1, 0.15) is 18.1 Å². The first-order valence-corrected chi connectivity index (χ1v) is 10.2. The van der Waals surface area contributed by atoms with Crippen LogP contribution in [0.15, 0.2) is 46.9 Å². The zero-order valence-corrected chi connectivity index (χ0v) is 19.0. The highest BCUT2D eigenvalue weighted by Gasteiger charge is 2.14. The minimum absolute atomic E-state index is 0.0901. The summed E-state index contributed by atoms with van der Waals surface area (Å²) >= 11 is 14.2. The lowest BCUT2D eigenvalue weighted by Crippen LogP contribution is -2.49. The summed E-state index contributed by atoms with van der Waals surface area (Å²) in [5.74, 6) is -0.149. The number of methoxy groups -OCH3 is 1. The molecule has 0 aliphatic carbocycles. The van der Waals surface area contributed by atoms with Gasteiger partial charge in [0.15, 0.2) is 11.7 Å². The molecule has 0 unspecified atom stereocenters. The summed E-state index contributed by atoms with van der Waals surface area (Å²) in [5, 5.41) is 2.91. The molecule has 160 valence electrons. The monoisotopic (exact) mass is 515 g/mol. The van der Waals surface area contributed by atoms with E-state index in [0.717, 1.165) is 0 Å². The number of ether oxygens (including phenoxy) is 3. The molecule has 0 fully saturated rings. The number of halogens is 2. The number of hydrogen-bond acceptors (Lipinski definition) is 6. The van der Waals surface area contributed by atoms with E-state index < -0.39 is 11.8 Å². The number of amides is 2. The maximum absolute atomic E-state index is 12.4. The van der Waals surface area contributed by atoms with Crippen LogP contribution in [-0.4, -0.2) is 43.9 Å². The first-order chi connectivity index (χ1) is 14.4. The van der Waals surface area contributed by atoms with E-state index in [1.165, 1.54) is 0 Å². The zero-order chi connectivity index (χ0) is 21.9. The van der Waals surface area contributed by atoms with E-state index in [1.54, 1.807) is 49.6 Å². The van der Waals surface area contributed by atoms with Gasteiger partial charge in [-0.3, -0.25) is 25.8 Å². The summed E-state index contributed by atoms with van der Waals surface area (Å²) in [5.41, 5.74) is 5.07. The van der Waals surface area contributed by atoms with Crippen molar-refractivity contribution in [3.63, 3.8) is 0 Å². The van der Waals surface area contributed by atoms with Crippen molar-refractivity contribution in [1.29, 1.82) is 0 Å². The van der Waals surface area contributed by atoms with Gasteiger partial charge in [-0.1, -0.05) is 23.7 Å². The smallest absolute Gasteiger partial charge is 0.276 e. The molecule has 2 aromatic carbocycles. The topological polar surface area (TPSA) is 97.9 Å². The Morgan fingerprint density at radius 3 is 2.57 bits per heavy atom. The van der Waals surface area contributed by atoms with Gasteiger partial charge < -0.3 is 14.2 Å². The first kappa shape index (κ1) is 23.9. The lowest BCUT2D eigenvalue weighted by molar-refractivity contribution is -0.123. The zero-order valence-electron chi connectivity index (χ0n) is 15.9. The second kappa shape index (κ2) is 12.3. The third kappa shape index (κ3) is 7.79. The largest absolute Gasteiger partial charge is 0.490 e. The van der Waals surface area contributed by atoms with Gasteiger partial charge in [-0.15, -0.1) is 0 Å². The quantitative estimate of drug-likeness (QED) is 0.282. The molecule has 0 radical (unpaired) electrons. The molecule has 11 heteroatoms. The number of carbonyl (C=O) groups excluding carboxylic acids is 2. The number of hydrogen-bond donors (Lipinski definition) is 3. The van der Waals surface area contributed by atoms with Crippen molar-refractivity contribution in [2.45, 2.75) is 0 Å². The van der Waals surface area contributed by atoms with Crippen LogP contribution in [0.2, 0.25) is 5.02 Å². The average molecular weight is 517 g/mol. The van der Waals surface area contributed by atoms with E-state index in [0.29, 0.717) is 39.8 Å². The molecule has 2 amide bonds. The highest BCUT2D eigenvalue weighted by molar-refractivity contribution is 9.10. The summed E-state index contributed by atoms with van der Waals surface area (Å²) in [6.45, 7) is 0.403. The van der Waals surface area contributed by atoms with Gasteiger partial charge in [0.25, 0.3) is 11.8 Å². The molecule has 2 aromatic rings. The molecular formula is C19H19BrClN3O5S. The Morgan fingerprint density at radius 2 is 1.83 bits per heavy atom. The van der Waals surface area contributed by atoms with Crippen LogP contribution in [0.1, 0.15) is 10.4 Å². The number of rotatable bonds is 8. The van der Waals surface area contributed by atoms with Crippen molar-refractivity contribution >= 4 is 56.7 Å². The van der Waals surface area contributed by atoms with Crippen LogP contribution in [0.3, 0.4) is 0 Å². The third-order valence-corrected chi connectivity index (χ3v) is 4.53. The molecule has 0 heterocycles. The van der Waals surface area contributed by atoms with Crippen LogP contribution in [0.5, 0.6) is 11.5 Å². The number of thiocarbonyl (C=S) groups is 1. The number of para-hydroxylation sites is 1. The highest BCUT2D eigenvalue weighted by atomic mass is 79.9. The Morgan fingerprint density at radius 1 is 1.07 bits per heavy atom. The van der Waals surface area contributed by atoms with E-state index in [-0.39, 0.29) is 11.7 Å². The molecule has 0 aliphatic heterocycles. The SMILES string of the molecule is COCCOc1ccccc1C(=O)NC(=S)NNC(=O)COc1ccc(Cl)cc1Br. The second-order valence-electron chi connectivity index (χ2n) is 5.66. The standard InChI is InChI=1S/C19H19BrClN3O5S/c1-27-8-9-28-15-5-3-2-4-13(15)18(26)22-19(30)24-23-17(25)11-29-16-7-6-12(21)10-14(16)20/h2-7,10H,8-9,11H2,1H3,(H,23,25)(H2,22,24,26,30). The third-order valence-electron chi connectivity index (χ3n) is 3.47. The Labute approximate surface area is 192 Å². The van der Waals surface area contributed by atoms with Crippen LogP contribution >= 0.6 is 39.7 Å². The maximum Gasteiger partial charge on any atom is 0.276 e. The van der Waals surface area contributed by atoms with E-state index in [4.69, 9.17) is 38.0 Å². The summed E-state index contributed by atoms with van der Waals surface area (Å²) in [4.78, 5) is 24.3. The number of nitrogens with one attached hydrogen (secondary N) is 3. The fourth-order valence-corrected chi connectivity index (χ4v) is 3.06. The van der Waals surface area contributed by atoms with Crippen molar-refractivity contribution in [3.8, 4) is 11.5 Å². The molecule has 0 aliphatic rings. The Kier molecular flexibility index (Phi) is 9.81. The number of carbonyl (C=O) groups is 2. The highest BCUT2D eigenvalue weighted by Crippen LogP contribution is 2.27. The summed E-state index contributed by atoms with van der Waals surface area (Å²) in [6.07, 6.45) is 0. The lowest BCUT2D eigenvalue weighted by atomic mass is 10.2. The van der Waals surface area contributed by atoms with E-state index in [1.807, 2.05) is 0 Å². The number of benzene rings is 2. The molecule has 0 bridgehead atoms. The Hall–Kier alpha value is -2.40. The fraction of sp³-hybridized carbons (Fsp3) is 0.211. The predicted octanol–water partition coefficient (Wildman–Crippen LogP) is 2.84. The van der Waals surface area contributed by atoms with Gasteiger partial charge in [0.05, 0.1) is 16.6 Å². The van der Waals surface area contributed by atoms with E-state index in [2.05, 4.69) is 32.1 Å². The Balaban J connectivity index is 1.80. The van der Waals surface area contributed by atoms with Gasteiger partial charge in [0, 0.05) is 12.1 Å². The molecular weight excluding hydrogens is 498 g/mol. The van der Waals surface area contributed by atoms with Gasteiger partial charge in [-0.2, -0.15) is 0 Å². The molecule has 30 heavy (non-hydrogen) atoms. The van der Waals surface area contributed by atoms with Crippen molar-refractivity contribution in [2.24, 2.45) is 0 Å². The predicted molar refractivity (Wildman–Crippen MR) is 120 cm³/mol. The van der Waals surface area contributed by atoms with Gasteiger partial charge in [-0.05, 0) is 58.5 Å². The van der Waals surface area contributed by atoms with E-state index in [9.17, 15) is 9.59 Å². The van der Waals surface area contributed by atoms with Crippen molar-refractivity contribution in [1.82, 2.24) is 16.2 Å². The fourth-order valence-electron chi connectivity index (χ4n) is 2.11. The molecule has 8 nitrogen and oxygen atoms in total. The maximum atomic E-state index is 12.4. The lowest BCUT2D eigenvalue weighted by Gasteiger charge is -2.14. The first-order valence-electron chi connectivity index (χ1n) is 8.59.